The van der Waals surface area contributed by atoms with Gasteiger partial charge in [-0.2, -0.15) is 0 Å². The lowest BCUT2D eigenvalue weighted by atomic mass is 10.1. The molecule has 8 heteroatoms. The lowest BCUT2D eigenvalue weighted by Gasteiger charge is -2.36. The molecule has 2 aliphatic heterocycles. The minimum Gasteiger partial charge on any atom is -0.464 e. The molecule has 27 heavy (non-hydrogen) atoms. The summed E-state index contributed by atoms with van der Waals surface area (Å²) in [6.07, 6.45) is 0.795. The summed E-state index contributed by atoms with van der Waals surface area (Å²) >= 11 is 1.60. The highest BCUT2D eigenvalue weighted by Crippen LogP contribution is 2.35. The van der Waals surface area contributed by atoms with Crippen LogP contribution in [0.1, 0.15) is 11.3 Å². The number of para-hydroxylation sites is 1. The van der Waals surface area contributed by atoms with Crippen LogP contribution in [0.2, 0.25) is 0 Å². The summed E-state index contributed by atoms with van der Waals surface area (Å²) in [7, 11) is 0. The molecule has 2 saturated heterocycles. The van der Waals surface area contributed by atoms with Crippen molar-refractivity contribution in [3.05, 3.63) is 51.4 Å². The van der Waals surface area contributed by atoms with Gasteiger partial charge in [-0.3, -0.25) is 24.7 Å². The number of piperazine rings is 1. The van der Waals surface area contributed by atoms with Gasteiger partial charge in [0.2, 0.25) is 0 Å². The summed E-state index contributed by atoms with van der Waals surface area (Å²) in [6.45, 7) is 4.90. The number of nitro benzene ring substituents is 1. The first kappa shape index (κ1) is 18.1. The topological polar surface area (TPSA) is 75.9 Å². The van der Waals surface area contributed by atoms with E-state index in [1.807, 2.05) is 12.1 Å². The molecule has 0 spiro atoms. The van der Waals surface area contributed by atoms with Crippen LogP contribution in [-0.2, 0) is 16.1 Å². The molecule has 1 aromatic heterocycles. The van der Waals surface area contributed by atoms with Crippen LogP contribution >= 0.6 is 11.3 Å². The Morgan fingerprint density at radius 2 is 1.93 bits per heavy atom. The Hall–Kier alpha value is -2.29. The van der Waals surface area contributed by atoms with Gasteiger partial charge in [-0.1, -0.05) is 12.1 Å². The number of rotatable bonds is 5. The summed E-state index contributed by atoms with van der Waals surface area (Å²) < 4.78 is 5.07. The van der Waals surface area contributed by atoms with Crippen molar-refractivity contribution < 1.29 is 14.5 Å². The minimum absolute atomic E-state index is 0.0703. The van der Waals surface area contributed by atoms with Crippen molar-refractivity contribution >= 4 is 23.0 Å². The van der Waals surface area contributed by atoms with Gasteiger partial charge in [-0.05, 0) is 18.2 Å². The predicted octanol–water partition coefficient (Wildman–Crippen LogP) is 2.76. The van der Waals surface area contributed by atoms with E-state index in [9.17, 15) is 14.9 Å². The number of thiophene rings is 1. The van der Waals surface area contributed by atoms with Crippen LogP contribution in [0.3, 0.4) is 0 Å². The minimum atomic E-state index is -0.331. The molecule has 3 heterocycles. The second kappa shape index (κ2) is 7.75. The standard InChI is InChI=1S/C19H21N3O4S/c23-19-17(7-12-26-19)21-10-8-20(9-11-21)13-14-5-6-18(27-14)15-3-1-2-4-16(15)22(24)25/h1-6,17H,7-13H2/t17-/m0/s1. The molecule has 1 aromatic carbocycles. The number of esters is 1. The molecular weight excluding hydrogens is 366 g/mol. The Balaban J connectivity index is 1.38. The molecule has 2 aliphatic rings. The van der Waals surface area contributed by atoms with Crippen LogP contribution in [0.25, 0.3) is 10.4 Å². The van der Waals surface area contributed by atoms with Gasteiger partial charge in [-0.25, -0.2) is 0 Å². The maximum Gasteiger partial charge on any atom is 0.323 e. The van der Waals surface area contributed by atoms with Crippen LogP contribution < -0.4 is 0 Å². The first-order valence-electron chi connectivity index (χ1n) is 9.07. The average Bonchev–Trinajstić information content (AvgIpc) is 3.31. The van der Waals surface area contributed by atoms with E-state index in [0.717, 1.165) is 44.0 Å². The zero-order valence-corrected chi connectivity index (χ0v) is 15.7. The Bertz CT molecular complexity index is 845. The average molecular weight is 387 g/mol. The molecule has 0 N–H and O–H groups in total. The van der Waals surface area contributed by atoms with Gasteiger partial charge in [-0.15, -0.1) is 11.3 Å². The third kappa shape index (κ3) is 3.87. The van der Waals surface area contributed by atoms with Gasteiger partial charge in [0.25, 0.3) is 5.69 Å². The summed E-state index contributed by atoms with van der Waals surface area (Å²) in [5.41, 5.74) is 0.811. The lowest BCUT2D eigenvalue weighted by molar-refractivity contribution is -0.384. The molecule has 0 bridgehead atoms. The number of nitrogens with zero attached hydrogens (tertiary/aromatic N) is 3. The number of carbonyl (C=O) groups excluding carboxylic acids is 1. The van der Waals surface area contributed by atoms with E-state index in [1.165, 1.54) is 4.88 Å². The van der Waals surface area contributed by atoms with Crippen LogP contribution in [0.15, 0.2) is 36.4 Å². The van der Waals surface area contributed by atoms with E-state index in [4.69, 9.17) is 4.74 Å². The summed E-state index contributed by atoms with van der Waals surface area (Å²) in [5, 5.41) is 11.2. The molecule has 0 saturated carbocycles. The molecule has 2 aromatic rings. The fraction of sp³-hybridized carbons (Fsp3) is 0.421. The van der Waals surface area contributed by atoms with Gasteiger partial charge in [0.1, 0.15) is 6.04 Å². The SMILES string of the molecule is O=C1OCC[C@@H]1N1CCN(Cc2ccc(-c3ccccc3[N+](=O)[O-])s2)CC1. The van der Waals surface area contributed by atoms with Crippen molar-refractivity contribution in [3.8, 4) is 10.4 Å². The molecule has 0 radical (unpaired) electrons. The number of cyclic esters (lactones) is 1. The number of nitro groups is 1. The smallest absolute Gasteiger partial charge is 0.323 e. The van der Waals surface area contributed by atoms with Crippen LogP contribution in [-0.4, -0.2) is 59.5 Å². The molecule has 7 nitrogen and oxygen atoms in total. The molecular formula is C19H21N3O4S. The Kier molecular flexibility index (Phi) is 5.20. The fourth-order valence-corrected chi connectivity index (χ4v) is 4.80. The van der Waals surface area contributed by atoms with Crippen molar-refractivity contribution in [2.75, 3.05) is 32.8 Å². The second-order valence-electron chi connectivity index (χ2n) is 6.82. The highest BCUT2D eigenvalue weighted by atomic mass is 32.1. The van der Waals surface area contributed by atoms with E-state index in [2.05, 4.69) is 15.9 Å². The molecule has 142 valence electrons. The van der Waals surface area contributed by atoms with Gasteiger partial charge in [0.05, 0.1) is 17.1 Å². The number of hydrogen-bond donors (Lipinski definition) is 0. The van der Waals surface area contributed by atoms with Crippen molar-refractivity contribution in [1.82, 2.24) is 9.80 Å². The first-order valence-corrected chi connectivity index (χ1v) is 9.89. The predicted molar refractivity (Wildman–Crippen MR) is 103 cm³/mol. The quantitative estimate of drug-likeness (QED) is 0.446. The van der Waals surface area contributed by atoms with Gasteiger partial charge >= 0.3 is 5.97 Å². The van der Waals surface area contributed by atoms with Crippen molar-refractivity contribution in [3.63, 3.8) is 0 Å². The molecule has 0 unspecified atom stereocenters. The van der Waals surface area contributed by atoms with Crippen LogP contribution in [0.4, 0.5) is 5.69 Å². The summed E-state index contributed by atoms with van der Waals surface area (Å²) in [6, 6.07) is 10.8. The van der Waals surface area contributed by atoms with Gasteiger partial charge in [0, 0.05) is 55.0 Å². The van der Waals surface area contributed by atoms with Crippen molar-refractivity contribution in [2.24, 2.45) is 0 Å². The number of benzene rings is 1. The normalized spacial score (nSPS) is 21.3. The maximum atomic E-state index is 11.7. The molecule has 4 rings (SSSR count). The van der Waals surface area contributed by atoms with Gasteiger partial charge < -0.3 is 4.74 Å². The van der Waals surface area contributed by atoms with E-state index in [1.54, 1.807) is 29.5 Å². The number of hydrogen-bond acceptors (Lipinski definition) is 7. The summed E-state index contributed by atoms with van der Waals surface area (Å²) in [4.78, 5) is 29.4. The Morgan fingerprint density at radius 1 is 1.15 bits per heavy atom. The molecule has 0 aliphatic carbocycles. The monoisotopic (exact) mass is 387 g/mol. The van der Waals surface area contributed by atoms with Crippen LogP contribution in [0, 0.1) is 10.1 Å². The largest absolute Gasteiger partial charge is 0.464 e. The molecule has 0 amide bonds. The van der Waals surface area contributed by atoms with Crippen molar-refractivity contribution in [2.45, 2.75) is 19.0 Å². The Labute approximate surface area is 161 Å². The third-order valence-electron chi connectivity index (χ3n) is 5.16. The number of ether oxygens (including phenoxy) is 1. The molecule has 1 atom stereocenters. The summed E-state index contributed by atoms with van der Waals surface area (Å²) in [5.74, 6) is -0.0872. The van der Waals surface area contributed by atoms with E-state index in [0.29, 0.717) is 12.2 Å². The van der Waals surface area contributed by atoms with Crippen molar-refractivity contribution in [1.29, 1.82) is 0 Å². The Morgan fingerprint density at radius 3 is 2.63 bits per heavy atom. The van der Waals surface area contributed by atoms with Crippen LogP contribution in [0.5, 0.6) is 0 Å². The fourth-order valence-electron chi connectivity index (χ4n) is 3.72. The zero-order valence-electron chi connectivity index (χ0n) is 14.9. The van der Waals surface area contributed by atoms with Gasteiger partial charge in [0.15, 0.2) is 0 Å². The number of carbonyl (C=O) groups is 1. The first-order chi connectivity index (χ1) is 13.1. The molecule has 2 fully saturated rings. The maximum absolute atomic E-state index is 11.7. The third-order valence-corrected chi connectivity index (χ3v) is 6.27. The van der Waals surface area contributed by atoms with E-state index in [-0.39, 0.29) is 22.6 Å². The second-order valence-corrected chi connectivity index (χ2v) is 7.99. The zero-order chi connectivity index (χ0) is 18.8. The highest BCUT2D eigenvalue weighted by Gasteiger charge is 2.34. The highest BCUT2D eigenvalue weighted by molar-refractivity contribution is 7.15. The van der Waals surface area contributed by atoms with E-state index < -0.39 is 0 Å². The van der Waals surface area contributed by atoms with E-state index >= 15 is 0 Å². The lowest BCUT2D eigenvalue weighted by Crippen LogP contribution is -2.51.